The van der Waals surface area contributed by atoms with E-state index in [1.165, 1.54) is 0 Å². The average molecular weight is 333 g/mol. The monoisotopic (exact) mass is 333 g/mol. The fraction of sp³-hybridized carbons (Fsp3) is 0.412. The number of H-pyrrole nitrogens is 2. The Morgan fingerprint density at radius 3 is 2.58 bits per heavy atom. The topological polar surface area (TPSA) is 78.2 Å². The molecule has 7 heteroatoms. The molecule has 2 heterocycles. The van der Waals surface area contributed by atoms with E-state index in [1.807, 2.05) is 0 Å². The molecule has 1 aliphatic rings. The fourth-order valence-electron chi connectivity index (χ4n) is 3.10. The molecule has 0 radical (unpaired) electrons. The van der Waals surface area contributed by atoms with Gasteiger partial charge in [0, 0.05) is 31.6 Å². The van der Waals surface area contributed by atoms with Crippen molar-refractivity contribution in [3.8, 4) is 5.75 Å². The normalized spacial score (nSPS) is 16.9. The van der Waals surface area contributed by atoms with Crippen LogP contribution in [0, 0.1) is 6.92 Å². The van der Waals surface area contributed by atoms with Gasteiger partial charge in [0.15, 0.2) is 0 Å². The lowest BCUT2D eigenvalue weighted by Gasteiger charge is -2.36. The maximum Gasteiger partial charge on any atom is 0.323 e. The first-order valence-electron chi connectivity index (χ1n) is 7.84. The van der Waals surface area contributed by atoms with Gasteiger partial charge in [0.1, 0.15) is 17.1 Å². The van der Waals surface area contributed by atoms with Crippen molar-refractivity contribution in [3.05, 3.63) is 51.7 Å². The Hall–Kier alpha value is -2.57. The number of methoxy groups -OCH3 is 1. The summed E-state index contributed by atoms with van der Waals surface area (Å²) < 4.78 is 20.4. The van der Waals surface area contributed by atoms with Crippen molar-refractivity contribution in [1.29, 1.82) is 0 Å². The van der Waals surface area contributed by atoms with Gasteiger partial charge in [-0.2, -0.15) is 0 Å². The van der Waals surface area contributed by atoms with Crippen molar-refractivity contribution in [2.24, 2.45) is 0 Å². The number of ether oxygens (including phenoxy) is 1. The van der Waals surface area contributed by atoms with E-state index in [9.17, 15) is 9.59 Å². The van der Waals surface area contributed by atoms with Crippen molar-refractivity contribution in [1.82, 2.24) is 14.9 Å². The maximum absolute atomic E-state index is 15.3. The molecule has 6 nitrogen and oxygen atoms in total. The van der Waals surface area contributed by atoms with Gasteiger partial charge in [-0.25, -0.2) is 9.18 Å². The minimum atomic E-state index is -1.48. The molecule has 1 aliphatic heterocycles. The van der Waals surface area contributed by atoms with Crippen LogP contribution in [0.3, 0.4) is 0 Å². The Morgan fingerprint density at radius 1 is 1.29 bits per heavy atom. The number of nitrogens with zero attached hydrogens (tertiary/aromatic N) is 1. The second kappa shape index (κ2) is 6.14. The van der Waals surface area contributed by atoms with Crippen molar-refractivity contribution < 1.29 is 13.9 Å². The van der Waals surface area contributed by atoms with Crippen LogP contribution in [0.15, 0.2) is 29.1 Å². The highest BCUT2D eigenvalue weighted by atomic mass is 19.1. The van der Waals surface area contributed by atoms with Gasteiger partial charge in [-0.15, -0.1) is 0 Å². The van der Waals surface area contributed by atoms with Gasteiger partial charge < -0.3 is 19.6 Å². The maximum atomic E-state index is 15.3. The van der Waals surface area contributed by atoms with Crippen LogP contribution >= 0.6 is 0 Å². The minimum Gasteiger partial charge on any atom is -0.497 e. The van der Waals surface area contributed by atoms with Crippen molar-refractivity contribution >= 4 is 5.91 Å². The highest BCUT2D eigenvalue weighted by Gasteiger charge is 2.38. The molecule has 3 rings (SSSR count). The Morgan fingerprint density at radius 2 is 2.00 bits per heavy atom. The number of hydrogen-bond donors (Lipinski definition) is 2. The second-order valence-electron chi connectivity index (χ2n) is 6.07. The van der Waals surface area contributed by atoms with Crippen LogP contribution in [0.25, 0.3) is 0 Å². The molecule has 1 saturated heterocycles. The predicted octanol–water partition coefficient (Wildman–Crippen LogP) is 2.12. The van der Waals surface area contributed by atoms with E-state index >= 15 is 4.39 Å². The number of carbonyl (C=O) groups is 1. The molecular formula is C17H20FN3O3. The minimum absolute atomic E-state index is 0.208. The van der Waals surface area contributed by atoms with Crippen LogP contribution in [-0.2, 0) is 5.67 Å². The number of amides is 1. The van der Waals surface area contributed by atoms with Crippen molar-refractivity contribution in [2.45, 2.75) is 25.4 Å². The molecule has 1 fully saturated rings. The smallest absolute Gasteiger partial charge is 0.323 e. The summed E-state index contributed by atoms with van der Waals surface area (Å²) in [6.45, 7) is 2.24. The first kappa shape index (κ1) is 16.3. The summed E-state index contributed by atoms with van der Waals surface area (Å²) in [6, 6.07) is 6.98. The Balaban J connectivity index is 1.74. The number of halogens is 1. The lowest BCUT2D eigenvalue weighted by Crippen LogP contribution is -2.43. The van der Waals surface area contributed by atoms with Crippen LogP contribution in [0.1, 0.15) is 34.6 Å². The molecule has 0 saturated carbocycles. The summed E-state index contributed by atoms with van der Waals surface area (Å²) in [5.41, 5.74) is -0.585. The molecule has 1 aromatic carbocycles. The van der Waals surface area contributed by atoms with Gasteiger partial charge in [-0.05, 0) is 24.6 Å². The van der Waals surface area contributed by atoms with Gasteiger partial charge >= 0.3 is 5.69 Å². The van der Waals surface area contributed by atoms with Gasteiger partial charge in [0.2, 0.25) is 0 Å². The fourth-order valence-corrected chi connectivity index (χ4v) is 3.10. The molecule has 0 aliphatic carbocycles. The third-order valence-electron chi connectivity index (χ3n) is 4.56. The van der Waals surface area contributed by atoms with Crippen molar-refractivity contribution in [3.63, 3.8) is 0 Å². The zero-order valence-electron chi connectivity index (χ0n) is 13.7. The van der Waals surface area contributed by atoms with E-state index in [-0.39, 0.29) is 24.4 Å². The molecule has 1 aromatic heterocycles. The number of benzene rings is 1. The largest absolute Gasteiger partial charge is 0.497 e. The lowest BCUT2D eigenvalue weighted by molar-refractivity contribution is 0.0416. The van der Waals surface area contributed by atoms with Crippen LogP contribution in [0.4, 0.5) is 4.39 Å². The van der Waals surface area contributed by atoms with Gasteiger partial charge in [0.25, 0.3) is 5.91 Å². The summed E-state index contributed by atoms with van der Waals surface area (Å²) in [4.78, 5) is 30.4. The first-order valence-corrected chi connectivity index (χ1v) is 7.84. The quantitative estimate of drug-likeness (QED) is 0.903. The summed E-state index contributed by atoms with van der Waals surface area (Å²) in [5.74, 6) is 0.335. The number of hydrogen-bond acceptors (Lipinski definition) is 3. The highest BCUT2D eigenvalue weighted by molar-refractivity contribution is 5.93. The van der Waals surface area contributed by atoms with E-state index in [0.717, 1.165) is 0 Å². The van der Waals surface area contributed by atoms with E-state index in [4.69, 9.17) is 4.74 Å². The highest BCUT2D eigenvalue weighted by Crippen LogP contribution is 2.38. The number of aromatic nitrogens is 2. The van der Waals surface area contributed by atoms with Crippen LogP contribution in [0.5, 0.6) is 5.75 Å². The third-order valence-corrected chi connectivity index (χ3v) is 4.56. The molecular weight excluding hydrogens is 313 g/mol. The second-order valence-corrected chi connectivity index (χ2v) is 6.07. The molecule has 0 spiro atoms. The standard InChI is InChI=1S/C17H20FN3O3/c1-11-14(20-16(23)19-11)15(22)21-8-6-17(18,7-9-21)12-4-3-5-13(10-12)24-2/h3-5,10H,6-9H2,1-2H3,(H2,19,20,23). The van der Waals surface area contributed by atoms with Gasteiger partial charge in [-0.1, -0.05) is 12.1 Å². The number of carbonyl (C=O) groups excluding carboxylic acids is 1. The number of piperidine rings is 1. The molecule has 2 N–H and O–H groups in total. The number of alkyl halides is 1. The number of aromatic amines is 2. The Bertz CT molecular complexity index is 803. The van der Waals surface area contributed by atoms with Crippen LogP contribution in [0.2, 0.25) is 0 Å². The molecule has 0 unspecified atom stereocenters. The molecule has 128 valence electrons. The Labute approximate surface area is 138 Å². The molecule has 0 bridgehead atoms. The summed E-state index contributed by atoms with van der Waals surface area (Å²) in [6.07, 6.45) is 0.416. The van der Waals surface area contributed by atoms with Crippen molar-refractivity contribution in [2.75, 3.05) is 20.2 Å². The van der Waals surface area contributed by atoms with Gasteiger partial charge in [0.05, 0.1) is 7.11 Å². The zero-order chi connectivity index (χ0) is 17.3. The summed E-state index contributed by atoms with van der Waals surface area (Å²) >= 11 is 0. The summed E-state index contributed by atoms with van der Waals surface area (Å²) in [7, 11) is 1.55. The van der Waals surface area contributed by atoms with E-state index in [0.29, 0.717) is 30.1 Å². The lowest BCUT2D eigenvalue weighted by atomic mass is 9.86. The molecule has 0 atom stereocenters. The zero-order valence-corrected chi connectivity index (χ0v) is 13.7. The van der Waals surface area contributed by atoms with Gasteiger partial charge in [-0.3, -0.25) is 4.79 Å². The number of aryl methyl sites for hydroxylation is 1. The third kappa shape index (κ3) is 2.93. The molecule has 1 amide bonds. The first-order chi connectivity index (χ1) is 11.4. The Kier molecular flexibility index (Phi) is 4.17. The summed E-state index contributed by atoms with van der Waals surface area (Å²) in [5, 5.41) is 0. The number of likely N-dealkylation sites (tertiary alicyclic amines) is 1. The van der Waals surface area contributed by atoms with E-state index in [1.54, 1.807) is 43.2 Å². The SMILES string of the molecule is COc1cccc(C2(F)CCN(C(=O)c3[nH]c(=O)[nH]c3C)CC2)c1. The predicted molar refractivity (Wildman–Crippen MR) is 87.1 cm³/mol. The number of nitrogens with one attached hydrogen (secondary N) is 2. The average Bonchev–Trinajstić information content (AvgIpc) is 2.93. The molecule has 2 aromatic rings. The molecule has 24 heavy (non-hydrogen) atoms. The van der Waals surface area contributed by atoms with E-state index < -0.39 is 11.4 Å². The van der Waals surface area contributed by atoms with E-state index in [2.05, 4.69) is 9.97 Å². The number of rotatable bonds is 3. The van der Waals surface area contributed by atoms with Crippen LogP contribution < -0.4 is 10.4 Å². The number of imidazole rings is 1. The van der Waals surface area contributed by atoms with Crippen LogP contribution in [-0.4, -0.2) is 41.0 Å².